The molecule has 0 bridgehead atoms. The molecule has 1 aromatic heterocycles. The summed E-state index contributed by atoms with van der Waals surface area (Å²) in [5, 5.41) is 7.39. The summed E-state index contributed by atoms with van der Waals surface area (Å²) in [6, 6.07) is 0. The molecule has 0 spiro atoms. The molecule has 0 radical (unpaired) electrons. The molecule has 0 aromatic carbocycles. The number of nitrogens with zero attached hydrogens (tertiary/aromatic N) is 2. The molecule has 1 saturated carbocycles. The highest BCUT2D eigenvalue weighted by molar-refractivity contribution is 5.96. The average molecular weight is 264 g/mol. The molecule has 0 atom stereocenters. The van der Waals surface area contributed by atoms with Gasteiger partial charge in [0.05, 0.1) is 22.5 Å². The van der Waals surface area contributed by atoms with Crippen molar-refractivity contribution in [2.45, 2.75) is 46.0 Å². The van der Waals surface area contributed by atoms with Crippen LogP contribution in [0, 0.1) is 19.3 Å². The third-order valence-corrected chi connectivity index (χ3v) is 4.43. The van der Waals surface area contributed by atoms with Crippen LogP contribution in [-0.4, -0.2) is 22.2 Å². The number of hydrogen-bond acceptors (Lipinski definition) is 3. The van der Waals surface area contributed by atoms with Gasteiger partial charge in [-0.05, 0) is 26.7 Å². The first kappa shape index (κ1) is 14.1. The molecule has 106 valence electrons. The fourth-order valence-corrected chi connectivity index (χ4v) is 2.95. The van der Waals surface area contributed by atoms with E-state index < -0.39 is 0 Å². The predicted octanol–water partition coefficient (Wildman–Crippen LogP) is 1.88. The van der Waals surface area contributed by atoms with Crippen LogP contribution >= 0.6 is 0 Å². The molecule has 1 aliphatic carbocycles. The number of carbonyl (C=O) groups is 1. The van der Waals surface area contributed by atoms with Gasteiger partial charge < -0.3 is 11.1 Å². The van der Waals surface area contributed by atoms with Crippen LogP contribution in [0.15, 0.2) is 0 Å². The molecule has 0 aliphatic heterocycles. The zero-order chi connectivity index (χ0) is 14.0. The Kier molecular flexibility index (Phi) is 3.94. The van der Waals surface area contributed by atoms with Crippen molar-refractivity contribution in [3.05, 3.63) is 11.4 Å². The summed E-state index contributed by atoms with van der Waals surface area (Å²) >= 11 is 0. The van der Waals surface area contributed by atoms with Crippen molar-refractivity contribution >= 4 is 11.6 Å². The summed E-state index contributed by atoms with van der Waals surface area (Å²) in [5.74, 6) is 0.0638. The summed E-state index contributed by atoms with van der Waals surface area (Å²) < 4.78 is 1.79. The highest BCUT2D eigenvalue weighted by Crippen LogP contribution is 2.37. The minimum absolute atomic E-state index is 0.0638. The van der Waals surface area contributed by atoms with Gasteiger partial charge in [-0.1, -0.05) is 19.3 Å². The fourth-order valence-electron chi connectivity index (χ4n) is 2.95. The van der Waals surface area contributed by atoms with Gasteiger partial charge in [-0.3, -0.25) is 9.48 Å². The van der Waals surface area contributed by atoms with Gasteiger partial charge in [0.2, 0.25) is 5.91 Å². The van der Waals surface area contributed by atoms with Crippen LogP contribution in [0.4, 0.5) is 5.69 Å². The van der Waals surface area contributed by atoms with Gasteiger partial charge in [0.25, 0.3) is 0 Å². The largest absolute Gasteiger partial charge is 0.329 e. The Hall–Kier alpha value is -1.36. The van der Waals surface area contributed by atoms with Crippen molar-refractivity contribution in [2.24, 2.45) is 18.2 Å². The lowest BCUT2D eigenvalue weighted by Crippen LogP contribution is -2.44. The summed E-state index contributed by atoms with van der Waals surface area (Å²) in [6.45, 7) is 4.31. The van der Waals surface area contributed by atoms with Crippen molar-refractivity contribution in [1.29, 1.82) is 0 Å². The van der Waals surface area contributed by atoms with Gasteiger partial charge in [-0.25, -0.2) is 0 Å². The van der Waals surface area contributed by atoms with E-state index in [0.717, 1.165) is 42.8 Å². The second-order valence-corrected chi connectivity index (χ2v) is 5.67. The minimum Gasteiger partial charge on any atom is -0.329 e. The van der Waals surface area contributed by atoms with Gasteiger partial charge in [0.1, 0.15) is 0 Å². The second-order valence-electron chi connectivity index (χ2n) is 5.67. The second kappa shape index (κ2) is 5.33. The first-order valence-corrected chi connectivity index (χ1v) is 7.02. The number of anilines is 1. The molecular formula is C14H24N4O. The zero-order valence-corrected chi connectivity index (χ0v) is 12.1. The number of rotatable bonds is 3. The first-order valence-electron chi connectivity index (χ1n) is 7.02. The Morgan fingerprint density at radius 1 is 1.37 bits per heavy atom. The lowest BCUT2D eigenvalue weighted by atomic mass is 9.73. The number of aromatic nitrogens is 2. The van der Waals surface area contributed by atoms with Gasteiger partial charge in [-0.2, -0.15) is 5.10 Å². The normalized spacial score (nSPS) is 18.3. The smallest absolute Gasteiger partial charge is 0.231 e. The van der Waals surface area contributed by atoms with Crippen molar-refractivity contribution in [2.75, 3.05) is 11.9 Å². The summed E-state index contributed by atoms with van der Waals surface area (Å²) in [6.07, 6.45) is 5.19. The molecule has 0 unspecified atom stereocenters. The number of aryl methyl sites for hydroxylation is 2. The van der Waals surface area contributed by atoms with E-state index in [4.69, 9.17) is 5.73 Å². The van der Waals surface area contributed by atoms with Crippen LogP contribution in [0.2, 0.25) is 0 Å². The Morgan fingerprint density at radius 2 is 2.00 bits per heavy atom. The van der Waals surface area contributed by atoms with Gasteiger partial charge in [0.15, 0.2) is 0 Å². The van der Waals surface area contributed by atoms with E-state index in [1.807, 2.05) is 20.9 Å². The van der Waals surface area contributed by atoms with Crippen LogP contribution in [0.5, 0.6) is 0 Å². The highest BCUT2D eigenvalue weighted by atomic mass is 16.2. The third kappa shape index (κ3) is 2.52. The first-order chi connectivity index (χ1) is 9.00. The maximum absolute atomic E-state index is 12.6. The Bertz CT molecular complexity index is 472. The Morgan fingerprint density at radius 3 is 2.47 bits per heavy atom. The third-order valence-electron chi connectivity index (χ3n) is 4.43. The maximum atomic E-state index is 12.6. The molecule has 3 N–H and O–H groups in total. The number of nitrogens with two attached hydrogens (primary N) is 1. The molecule has 1 heterocycles. The minimum atomic E-state index is -0.382. The molecule has 5 nitrogen and oxygen atoms in total. The van der Waals surface area contributed by atoms with Crippen LogP contribution in [0.3, 0.4) is 0 Å². The molecule has 1 fully saturated rings. The topological polar surface area (TPSA) is 72.9 Å². The van der Waals surface area contributed by atoms with Crippen molar-refractivity contribution in [3.8, 4) is 0 Å². The van der Waals surface area contributed by atoms with Gasteiger partial charge in [0, 0.05) is 13.6 Å². The van der Waals surface area contributed by atoms with Crippen molar-refractivity contribution < 1.29 is 4.79 Å². The lowest BCUT2D eigenvalue weighted by Gasteiger charge is -2.34. The van der Waals surface area contributed by atoms with Crippen molar-refractivity contribution in [3.63, 3.8) is 0 Å². The Labute approximate surface area is 114 Å². The monoisotopic (exact) mass is 264 g/mol. The molecule has 19 heavy (non-hydrogen) atoms. The zero-order valence-electron chi connectivity index (χ0n) is 12.1. The summed E-state index contributed by atoms with van der Waals surface area (Å²) in [5.41, 5.74) is 8.19. The van der Waals surface area contributed by atoms with Crippen LogP contribution in [0.1, 0.15) is 43.5 Å². The fraction of sp³-hybridized carbons (Fsp3) is 0.714. The molecule has 2 rings (SSSR count). The number of carbonyl (C=O) groups excluding carboxylic acids is 1. The molecule has 1 aromatic rings. The van der Waals surface area contributed by atoms with E-state index in [2.05, 4.69) is 10.4 Å². The summed E-state index contributed by atoms with van der Waals surface area (Å²) in [4.78, 5) is 12.6. The van der Waals surface area contributed by atoms with Gasteiger partial charge >= 0.3 is 0 Å². The number of nitrogens with one attached hydrogen (secondary N) is 1. The van der Waals surface area contributed by atoms with Crippen molar-refractivity contribution in [1.82, 2.24) is 9.78 Å². The van der Waals surface area contributed by atoms with Crippen LogP contribution < -0.4 is 11.1 Å². The van der Waals surface area contributed by atoms with E-state index in [0.29, 0.717) is 6.54 Å². The average Bonchev–Trinajstić information content (AvgIpc) is 2.66. The SMILES string of the molecule is Cc1nn(C)c(C)c1NC(=O)C1(CN)CCCCC1. The Balaban J connectivity index is 2.19. The highest BCUT2D eigenvalue weighted by Gasteiger charge is 2.38. The van der Waals surface area contributed by atoms with Crippen LogP contribution in [-0.2, 0) is 11.8 Å². The quantitative estimate of drug-likeness (QED) is 0.875. The van der Waals surface area contributed by atoms with E-state index >= 15 is 0 Å². The molecule has 1 aliphatic rings. The molecule has 0 saturated heterocycles. The summed E-state index contributed by atoms with van der Waals surface area (Å²) in [7, 11) is 1.89. The standard InChI is InChI=1S/C14H24N4O/c1-10-12(11(2)18(3)17-10)16-13(19)14(9-15)7-5-4-6-8-14/h4-9,15H2,1-3H3,(H,16,19). The number of amides is 1. The van der Waals surface area contributed by atoms with E-state index in [1.165, 1.54) is 6.42 Å². The molecular weight excluding hydrogens is 240 g/mol. The molecule has 1 amide bonds. The predicted molar refractivity (Wildman–Crippen MR) is 75.9 cm³/mol. The van der Waals surface area contributed by atoms with Crippen LogP contribution in [0.25, 0.3) is 0 Å². The van der Waals surface area contributed by atoms with Gasteiger partial charge in [-0.15, -0.1) is 0 Å². The van der Waals surface area contributed by atoms with E-state index in [-0.39, 0.29) is 11.3 Å². The maximum Gasteiger partial charge on any atom is 0.231 e. The molecule has 5 heteroatoms. The lowest BCUT2D eigenvalue weighted by molar-refractivity contribution is -0.126. The van der Waals surface area contributed by atoms with E-state index in [1.54, 1.807) is 4.68 Å². The van der Waals surface area contributed by atoms with E-state index in [9.17, 15) is 4.79 Å². The number of hydrogen-bond donors (Lipinski definition) is 2.